The number of benzene rings is 1. The molecule has 0 amide bonds. The van der Waals surface area contributed by atoms with Crippen LogP contribution < -0.4 is 4.90 Å². The summed E-state index contributed by atoms with van der Waals surface area (Å²) < 4.78 is 18.5. The molecule has 0 N–H and O–H groups in total. The molecule has 4 aromatic rings. The zero-order chi connectivity index (χ0) is 22.3. The van der Waals surface area contributed by atoms with E-state index >= 15 is 0 Å². The monoisotopic (exact) mass is 431 g/mol. The Bertz CT molecular complexity index is 1250. The molecule has 0 aliphatic heterocycles. The summed E-state index contributed by atoms with van der Waals surface area (Å²) in [5.41, 5.74) is 3.58. The molecule has 32 heavy (non-hydrogen) atoms. The van der Waals surface area contributed by atoms with Crippen LogP contribution in [-0.4, -0.2) is 48.8 Å². The van der Waals surface area contributed by atoms with E-state index in [0.29, 0.717) is 31.0 Å². The molecule has 1 saturated carbocycles. The van der Waals surface area contributed by atoms with Gasteiger partial charge in [0.2, 0.25) is 0 Å². The van der Waals surface area contributed by atoms with Crippen LogP contribution >= 0.6 is 0 Å². The lowest BCUT2D eigenvalue weighted by Crippen LogP contribution is -2.43. The van der Waals surface area contributed by atoms with Crippen LogP contribution in [0.1, 0.15) is 19.3 Å². The molecule has 0 bridgehead atoms. The lowest BCUT2D eigenvalue weighted by molar-refractivity contribution is 0.0722. The van der Waals surface area contributed by atoms with Crippen LogP contribution in [0.25, 0.3) is 33.6 Å². The molecule has 164 valence electrons. The highest BCUT2D eigenvalue weighted by Crippen LogP contribution is 2.38. The molecule has 0 unspecified atom stereocenters. The Morgan fingerprint density at radius 2 is 1.66 bits per heavy atom. The first-order chi connectivity index (χ1) is 15.4. The van der Waals surface area contributed by atoms with Crippen molar-refractivity contribution in [3.8, 4) is 33.6 Å². The molecule has 1 fully saturated rings. The Balaban J connectivity index is 1.55. The van der Waals surface area contributed by atoms with Crippen molar-refractivity contribution >= 4 is 5.82 Å². The number of anilines is 1. The zero-order valence-electron chi connectivity index (χ0n) is 18.5. The van der Waals surface area contributed by atoms with Crippen LogP contribution in [0.15, 0.2) is 55.2 Å². The minimum Gasteiger partial charge on any atom is -0.356 e. The Morgan fingerprint density at radius 3 is 2.28 bits per heavy atom. The quantitative estimate of drug-likeness (QED) is 0.456. The maximum atomic E-state index is 14.9. The summed E-state index contributed by atoms with van der Waals surface area (Å²) in [6.07, 6.45) is 11.5. The number of hydrogen-bond donors (Lipinski definition) is 0. The standard InChI is InChI=1S/C24H26FN7/c1-30(16-24(25)8-5-9-24)23-21(20-12-28-32(3)15-20)13-26-22(29-23)18-7-4-6-17(10-18)19-11-27-31(2)14-19/h4,6-7,10-15H,5,8-9,16H2,1-3H3. The maximum Gasteiger partial charge on any atom is 0.161 e. The van der Waals surface area contributed by atoms with Gasteiger partial charge in [-0.15, -0.1) is 0 Å². The van der Waals surface area contributed by atoms with E-state index in [2.05, 4.69) is 21.2 Å². The topological polar surface area (TPSA) is 64.7 Å². The van der Waals surface area contributed by atoms with Crippen molar-refractivity contribution in [2.45, 2.75) is 24.9 Å². The van der Waals surface area contributed by atoms with Gasteiger partial charge < -0.3 is 4.90 Å². The highest BCUT2D eigenvalue weighted by Gasteiger charge is 2.38. The van der Waals surface area contributed by atoms with E-state index < -0.39 is 5.67 Å². The lowest BCUT2D eigenvalue weighted by atomic mass is 9.81. The predicted octanol–water partition coefficient (Wildman–Crippen LogP) is 4.27. The van der Waals surface area contributed by atoms with Crippen LogP contribution in [0.5, 0.6) is 0 Å². The second kappa shape index (κ2) is 7.85. The summed E-state index contributed by atoms with van der Waals surface area (Å²) in [4.78, 5) is 11.5. The van der Waals surface area contributed by atoms with E-state index in [1.54, 1.807) is 15.6 Å². The molecule has 5 rings (SSSR count). The van der Waals surface area contributed by atoms with Gasteiger partial charge in [-0.25, -0.2) is 14.4 Å². The number of aryl methyl sites for hydroxylation is 2. The second-order valence-corrected chi connectivity index (χ2v) is 8.68. The van der Waals surface area contributed by atoms with E-state index in [-0.39, 0.29) is 0 Å². The summed E-state index contributed by atoms with van der Waals surface area (Å²) in [5, 5.41) is 8.55. The van der Waals surface area contributed by atoms with Crippen molar-refractivity contribution in [1.29, 1.82) is 0 Å². The van der Waals surface area contributed by atoms with Gasteiger partial charge in [-0.05, 0) is 30.9 Å². The summed E-state index contributed by atoms with van der Waals surface area (Å²) >= 11 is 0. The normalized spacial score (nSPS) is 14.9. The SMILES string of the molecule is CN(CC1(F)CCC1)c1nc(-c2cccc(-c3cnn(C)c3)c2)ncc1-c1cnn(C)c1. The molecule has 1 aliphatic carbocycles. The van der Waals surface area contributed by atoms with Crippen molar-refractivity contribution in [3.05, 3.63) is 55.2 Å². The fourth-order valence-electron chi connectivity index (χ4n) is 4.19. The zero-order valence-corrected chi connectivity index (χ0v) is 18.5. The minimum absolute atomic E-state index is 0.312. The highest BCUT2D eigenvalue weighted by atomic mass is 19.1. The molecule has 0 saturated heterocycles. The van der Waals surface area contributed by atoms with Gasteiger partial charge in [0.05, 0.1) is 18.9 Å². The largest absolute Gasteiger partial charge is 0.356 e. The van der Waals surface area contributed by atoms with Crippen LogP contribution in [-0.2, 0) is 14.1 Å². The summed E-state index contributed by atoms with van der Waals surface area (Å²) in [5.74, 6) is 1.31. The molecule has 1 aromatic carbocycles. The third-order valence-electron chi connectivity index (χ3n) is 6.08. The molecule has 0 spiro atoms. The lowest BCUT2D eigenvalue weighted by Gasteiger charge is -2.37. The van der Waals surface area contributed by atoms with E-state index in [4.69, 9.17) is 4.98 Å². The molecule has 7 nitrogen and oxygen atoms in total. The van der Waals surface area contributed by atoms with E-state index in [0.717, 1.165) is 34.2 Å². The average Bonchev–Trinajstić information content (AvgIpc) is 3.40. The van der Waals surface area contributed by atoms with Crippen molar-refractivity contribution < 1.29 is 4.39 Å². The smallest absolute Gasteiger partial charge is 0.161 e. The average molecular weight is 432 g/mol. The molecule has 0 atom stereocenters. The van der Waals surface area contributed by atoms with Gasteiger partial charge in [0.1, 0.15) is 11.5 Å². The number of aromatic nitrogens is 6. The Labute approximate surface area is 186 Å². The number of halogens is 1. The fourth-order valence-corrected chi connectivity index (χ4v) is 4.19. The van der Waals surface area contributed by atoms with Gasteiger partial charge in [-0.2, -0.15) is 10.2 Å². The summed E-state index contributed by atoms with van der Waals surface area (Å²) in [7, 11) is 5.67. The van der Waals surface area contributed by atoms with Crippen molar-refractivity contribution in [2.75, 3.05) is 18.5 Å². The maximum absolute atomic E-state index is 14.9. The number of rotatable bonds is 6. The van der Waals surface area contributed by atoms with Crippen LogP contribution in [0.4, 0.5) is 10.2 Å². The molecular weight excluding hydrogens is 405 g/mol. The molecular formula is C24H26FN7. The second-order valence-electron chi connectivity index (χ2n) is 8.68. The highest BCUT2D eigenvalue weighted by molar-refractivity contribution is 5.77. The Morgan fingerprint density at radius 1 is 0.969 bits per heavy atom. The van der Waals surface area contributed by atoms with Gasteiger partial charge >= 0.3 is 0 Å². The van der Waals surface area contributed by atoms with Crippen molar-refractivity contribution in [3.63, 3.8) is 0 Å². The van der Waals surface area contributed by atoms with Crippen LogP contribution in [0.2, 0.25) is 0 Å². The minimum atomic E-state index is -1.15. The van der Waals surface area contributed by atoms with Gasteiger partial charge in [0, 0.05) is 62.0 Å². The van der Waals surface area contributed by atoms with E-state index in [1.807, 2.05) is 69.0 Å². The van der Waals surface area contributed by atoms with Crippen molar-refractivity contribution in [2.24, 2.45) is 14.1 Å². The first-order valence-corrected chi connectivity index (χ1v) is 10.8. The van der Waals surface area contributed by atoms with Gasteiger partial charge in [0.15, 0.2) is 5.82 Å². The van der Waals surface area contributed by atoms with Crippen molar-refractivity contribution in [1.82, 2.24) is 29.5 Å². The Kier molecular flexibility index (Phi) is 5.00. The predicted molar refractivity (Wildman–Crippen MR) is 123 cm³/mol. The summed E-state index contributed by atoms with van der Waals surface area (Å²) in [6.45, 7) is 0.312. The number of nitrogens with zero attached hydrogens (tertiary/aromatic N) is 7. The third kappa shape index (κ3) is 3.88. The van der Waals surface area contributed by atoms with Crippen LogP contribution in [0.3, 0.4) is 0 Å². The number of alkyl halides is 1. The van der Waals surface area contributed by atoms with Gasteiger partial charge in [0.25, 0.3) is 0 Å². The third-order valence-corrected chi connectivity index (χ3v) is 6.08. The molecule has 0 radical (unpaired) electrons. The van der Waals surface area contributed by atoms with Gasteiger partial charge in [-0.1, -0.05) is 18.2 Å². The first kappa shape index (κ1) is 20.4. The molecule has 8 heteroatoms. The molecule has 3 heterocycles. The first-order valence-electron chi connectivity index (χ1n) is 10.8. The number of hydrogen-bond acceptors (Lipinski definition) is 5. The fraction of sp³-hybridized carbons (Fsp3) is 0.333. The Hall–Kier alpha value is -3.55. The van der Waals surface area contributed by atoms with E-state index in [9.17, 15) is 4.39 Å². The van der Waals surface area contributed by atoms with E-state index in [1.165, 1.54) is 0 Å². The summed E-state index contributed by atoms with van der Waals surface area (Å²) in [6, 6.07) is 8.08. The molecule has 1 aliphatic rings. The molecule has 3 aromatic heterocycles. The van der Waals surface area contributed by atoms with Crippen LogP contribution in [0, 0.1) is 0 Å². The van der Waals surface area contributed by atoms with Gasteiger partial charge in [-0.3, -0.25) is 9.36 Å².